The number of ether oxygens (including phenoxy) is 2. The molecule has 1 aliphatic rings. The van der Waals surface area contributed by atoms with Gasteiger partial charge in [0.25, 0.3) is 0 Å². The van der Waals surface area contributed by atoms with Crippen LogP contribution in [0.2, 0.25) is 0 Å². The molecule has 1 saturated carbocycles. The number of anilines is 1. The van der Waals surface area contributed by atoms with E-state index < -0.39 is 5.82 Å². The summed E-state index contributed by atoms with van der Waals surface area (Å²) >= 11 is 0. The molecule has 0 aliphatic heterocycles. The number of benzene rings is 1. The zero-order valence-corrected chi connectivity index (χ0v) is 10.0. The van der Waals surface area contributed by atoms with Crippen molar-refractivity contribution in [2.75, 3.05) is 19.5 Å². The molecule has 0 aromatic heterocycles. The monoisotopic (exact) mass is 239 g/mol. The molecule has 0 bridgehead atoms. The standard InChI is InChI=1S/C13H18FNO2/c1-16-12-8-13(11(15)7-10(12)14)17-6-5-9-3-2-4-9/h7-9H,2-6,15H2,1H3. The minimum atomic E-state index is -0.462. The smallest absolute Gasteiger partial charge is 0.167 e. The van der Waals surface area contributed by atoms with Gasteiger partial charge in [0.2, 0.25) is 0 Å². The number of nitrogen functional groups attached to an aromatic ring is 1. The van der Waals surface area contributed by atoms with E-state index in [-0.39, 0.29) is 5.75 Å². The molecule has 1 aliphatic carbocycles. The second kappa shape index (κ2) is 5.25. The molecular formula is C13H18FNO2. The van der Waals surface area contributed by atoms with Gasteiger partial charge in [-0.1, -0.05) is 19.3 Å². The molecule has 4 heteroatoms. The Morgan fingerprint density at radius 1 is 1.35 bits per heavy atom. The highest BCUT2D eigenvalue weighted by Crippen LogP contribution is 2.32. The summed E-state index contributed by atoms with van der Waals surface area (Å²) in [6.45, 7) is 0.629. The van der Waals surface area contributed by atoms with Gasteiger partial charge in [-0.3, -0.25) is 0 Å². The summed E-state index contributed by atoms with van der Waals surface area (Å²) in [7, 11) is 1.42. The molecule has 0 atom stereocenters. The Balaban J connectivity index is 1.94. The molecule has 0 heterocycles. The van der Waals surface area contributed by atoms with Crippen molar-refractivity contribution in [2.24, 2.45) is 5.92 Å². The van der Waals surface area contributed by atoms with Crippen LogP contribution in [-0.2, 0) is 0 Å². The van der Waals surface area contributed by atoms with Crippen molar-refractivity contribution in [1.82, 2.24) is 0 Å². The lowest BCUT2D eigenvalue weighted by Gasteiger charge is -2.25. The first-order chi connectivity index (χ1) is 8.20. The summed E-state index contributed by atoms with van der Waals surface area (Å²) in [5.41, 5.74) is 6.00. The number of nitrogens with two attached hydrogens (primary N) is 1. The van der Waals surface area contributed by atoms with Gasteiger partial charge in [-0.25, -0.2) is 4.39 Å². The van der Waals surface area contributed by atoms with Gasteiger partial charge in [0.05, 0.1) is 19.4 Å². The number of hydrogen-bond acceptors (Lipinski definition) is 3. The molecule has 3 nitrogen and oxygen atoms in total. The van der Waals surface area contributed by atoms with Crippen LogP contribution in [0, 0.1) is 11.7 Å². The van der Waals surface area contributed by atoms with Gasteiger partial charge in [0.1, 0.15) is 5.75 Å². The quantitative estimate of drug-likeness (QED) is 0.803. The molecule has 94 valence electrons. The van der Waals surface area contributed by atoms with Crippen LogP contribution in [0.15, 0.2) is 12.1 Å². The summed E-state index contributed by atoms with van der Waals surface area (Å²) in [6, 6.07) is 2.74. The van der Waals surface area contributed by atoms with Gasteiger partial charge < -0.3 is 15.2 Å². The Hall–Kier alpha value is -1.45. The fourth-order valence-corrected chi connectivity index (χ4v) is 1.95. The highest BCUT2D eigenvalue weighted by atomic mass is 19.1. The number of hydrogen-bond donors (Lipinski definition) is 1. The van der Waals surface area contributed by atoms with Crippen LogP contribution >= 0.6 is 0 Å². The Kier molecular flexibility index (Phi) is 3.71. The second-order valence-corrected chi connectivity index (χ2v) is 4.46. The highest BCUT2D eigenvalue weighted by molar-refractivity contribution is 5.56. The van der Waals surface area contributed by atoms with Crippen LogP contribution in [0.1, 0.15) is 25.7 Å². The second-order valence-electron chi connectivity index (χ2n) is 4.46. The zero-order chi connectivity index (χ0) is 12.3. The zero-order valence-electron chi connectivity index (χ0n) is 10.0. The highest BCUT2D eigenvalue weighted by Gasteiger charge is 2.17. The first-order valence-electron chi connectivity index (χ1n) is 5.96. The van der Waals surface area contributed by atoms with Gasteiger partial charge >= 0.3 is 0 Å². The minimum absolute atomic E-state index is 0.165. The topological polar surface area (TPSA) is 44.5 Å². The lowest BCUT2D eigenvalue weighted by molar-refractivity contribution is 0.222. The summed E-state index contributed by atoms with van der Waals surface area (Å²) in [5, 5.41) is 0. The molecule has 0 radical (unpaired) electrons. The molecule has 0 unspecified atom stereocenters. The van der Waals surface area contributed by atoms with E-state index in [2.05, 4.69) is 0 Å². The minimum Gasteiger partial charge on any atom is -0.494 e. The van der Waals surface area contributed by atoms with Crippen molar-refractivity contribution in [3.8, 4) is 11.5 Å². The molecule has 1 aromatic rings. The maximum Gasteiger partial charge on any atom is 0.167 e. The molecule has 17 heavy (non-hydrogen) atoms. The van der Waals surface area contributed by atoms with Gasteiger partial charge in [0, 0.05) is 12.1 Å². The fourth-order valence-electron chi connectivity index (χ4n) is 1.95. The SMILES string of the molecule is COc1cc(OCCC2CCC2)c(N)cc1F. The fraction of sp³-hybridized carbons (Fsp3) is 0.538. The van der Waals surface area contributed by atoms with Crippen LogP contribution in [0.4, 0.5) is 10.1 Å². The lowest BCUT2D eigenvalue weighted by Crippen LogP contribution is -2.14. The van der Waals surface area contributed by atoms with Gasteiger partial charge in [-0.2, -0.15) is 0 Å². The summed E-state index contributed by atoms with van der Waals surface area (Å²) < 4.78 is 23.7. The normalized spacial score (nSPS) is 15.4. The van der Waals surface area contributed by atoms with Crippen molar-refractivity contribution in [3.63, 3.8) is 0 Å². The van der Waals surface area contributed by atoms with Crippen LogP contribution < -0.4 is 15.2 Å². The van der Waals surface area contributed by atoms with Crippen molar-refractivity contribution >= 4 is 5.69 Å². The molecule has 2 rings (SSSR count). The van der Waals surface area contributed by atoms with E-state index in [0.717, 1.165) is 12.3 Å². The van der Waals surface area contributed by atoms with E-state index >= 15 is 0 Å². The molecule has 1 aromatic carbocycles. The third-order valence-electron chi connectivity index (χ3n) is 3.29. The van der Waals surface area contributed by atoms with Crippen LogP contribution in [-0.4, -0.2) is 13.7 Å². The third kappa shape index (κ3) is 2.81. The Morgan fingerprint density at radius 3 is 2.71 bits per heavy atom. The van der Waals surface area contributed by atoms with Crippen LogP contribution in [0.3, 0.4) is 0 Å². The predicted octanol–water partition coefficient (Wildman–Crippen LogP) is 2.99. The Morgan fingerprint density at radius 2 is 2.12 bits per heavy atom. The van der Waals surface area contributed by atoms with Crippen LogP contribution in [0.25, 0.3) is 0 Å². The third-order valence-corrected chi connectivity index (χ3v) is 3.29. The van der Waals surface area contributed by atoms with E-state index in [1.54, 1.807) is 0 Å². The maximum absolute atomic E-state index is 13.3. The molecular weight excluding hydrogens is 221 g/mol. The van der Waals surface area contributed by atoms with Gasteiger partial charge in [-0.15, -0.1) is 0 Å². The summed E-state index contributed by atoms with van der Waals surface area (Å²) in [5.74, 6) is 0.996. The molecule has 2 N–H and O–H groups in total. The number of rotatable bonds is 5. The average Bonchev–Trinajstić information content (AvgIpc) is 2.24. The van der Waals surface area contributed by atoms with Gasteiger partial charge in [-0.05, 0) is 12.3 Å². The van der Waals surface area contributed by atoms with Crippen molar-refractivity contribution in [3.05, 3.63) is 17.9 Å². The average molecular weight is 239 g/mol. The first-order valence-corrected chi connectivity index (χ1v) is 5.96. The largest absolute Gasteiger partial charge is 0.494 e. The molecule has 0 amide bonds. The van der Waals surface area contributed by atoms with E-state index in [9.17, 15) is 4.39 Å². The van der Waals surface area contributed by atoms with E-state index in [1.807, 2.05) is 0 Å². The predicted molar refractivity (Wildman–Crippen MR) is 64.8 cm³/mol. The molecule has 0 spiro atoms. The Bertz CT molecular complexity index is 391. The number of halogens is 1. The van der Waals surface area contributed by atoms with E-state index in [0.29, 0.717) is 18.0 Å². The Labute approximate surface area is 101 Å². The number of methoxy groups -OCH3 is 1. The van der Waals surface area contributed by atoms with Crippen LogP contribution in [0.5, 0.6) is 11.5 Å². The lowest BCUT2D eigenvalue weighted by atomic mass is 9.83. The molecule has 0 saturated heterocycles. The van der Waals surface area contributed by atoms with Crippen molar-refractivity contribution in [2.45, 2.75) is 25.7 Å². The van der Waals surface area contributed by atoms with Crippen molar-refractivity contribution in [1.29, 1.82) is 0 Å². The first kappa shape index (κ1) is 12.0. The maximum atomic E-state index is 13.3. The summed E-state index contributed by atoms with van der Waals surface area (Å²) in [6.07, 6.45) is 4.97. The molecule has 1 fully saturated rings. The van der Waals surface area contributed by atoms with Crippen molar-refractivity contribution < 1.29 is 13.9 Å². The van der Waals surface area contributed by atoms with Gasteiger partial charge in [0.15, 0.2) is 11.6 Å². The van der Waals surface area contributed by atoms with E-state index in [4.69, 9.17) is 15.2 Å². The van der Waals surface area contributed by atoms with E-state index in [1.165, 1.54) is 38.5 Å². The summed E-state index contributed by atoms with van der Waals surface area (Å²) in [4.78, 5) is 0.